The van der Waals surface area contributed by atoms with Crippen LogP contribution in [0.4, 0.5) is 30.7 Å². The number of benzene rings is 3. The van der Waals surface area contributed by atoms with Crippen LogP contribution in [0.15, 0.2) is 54.6 Å². The van der Waals surface area contributed by atoms with Gasteiger partial charge in [-0.15, -0.1) is 0 Å². The van der Waals surface area contributed by atoms with Crippen molar-refractivity contribution in [1.29, 1.82) is 0 Å². The smallest absolute Gasteiger partial charge is 0.416 e. The zero-order chi connectivity index (χ0) is 28.4. The highest BCUT2D eigenvalue weighted by Gasteiger charge is 2.81. The summed E-state index contributed by atoms with van der Waals surface area (Å²) in [6.07, 6.45) is -10.2. The number of amides is 1. The third kappa shape index (κ3) is 4.55. The number of hydrogen-bond donors (Lipinski definition) is 2. The fourth-order valence-corrected chi connectivity index (χ4v) is 5.71. The number of aliphatic carboxylic acids is 1. The Morgan fingerprint density at radius 3 is 2.15 bits per heavy atom. The molecule has 0 spiro atoms. The van der Waals surface area contributed by atoms with Gasteiger partial charge in [-0.3, -0.25) is 4.79 Å². The van der Waals surface area contributed by atoms with Gasteiger partial charge in [0.05, 0.1) is 16.5 Å². The second-order valence-electron chi connectivity index (χ2n) is 10.2. The van der Waals surface area contributed by atoms with Gasteiger partial charge in [-0.25, -0.2) is 9.18 Å². The second-order valence-corrected chi connectivity index (χ2v) is 10.2. The molecule has 2 bridgehead atoms. The van der Waals surface area contributed by atoms with Gasteiger partial charge in [0.25, 0.3) is 5.91 Å². The Hall–Kier alpha value is -3.83. The van der Waals surface area contributed by atoms with Crippen molar-refractivity contribution < 1.29 is 50.2 Å². The van der Waals surface area contributed by atoms with E-state index in [2.05, 4.69) is 5.32 Å². The summed E-state index contributed by atoms with van der Waals surface area (Å²) in [5.41, 5.74) is -3.85. The topological polar surface area (TPSA) is 75.6 Å². The first-order valence-corrected chi connectivity index (χ1v) is 11.8. The number of carboxylic acid groups (broad SMARTS) is 1. The largest absolute Gasteiger partial charge is 0.487 e. The van der Waals surface area contributed by atoms with Crippen molar-refractivity contribution in [2.24, 2.45) is 10.8 Å². The van der Waals surface area contributed by atoms with Crippen LogP contribution < -0.4 is 10.1 Å². The Labute approximate surface area is 216 Å². The van der Waals surface area contributed by atoms with Crippen LogP contribution in [-0.4, -0.2) is 29.2 Å². The fourth-order valence-electron chi connectivity index (χ4n) is 5.71. The van der Waals surface area contributed by atoms with E-state index in [1.165, 1.54) is 36.4 Å². The van der Waals surface area contributed by atoms with Crippen molar-refractivity contribution in [3.05, 3.63) is 77.1 Å². The third-order valence-corrected chi connectivity index (χ3v) is 7.65. The lowest BCUT2D eigenvalue weighted by atomic mass is 9.33. The minimum Gasteiger partial charge on any atom is -0.487 e. The van der Waals surface area contributed by atoms with Gasteiger partial charge >= 0.3 is 18.3 Å². The second kappa shape index (κ2) is 8.85. The molecule has 0 heterocycles. The van der Waals surface area contributed by atoms with Crippen molar-refractivity contribution in [3.63, 3.8) is 0 Å². The van der Waals surface area contributed by atoms with Crippen LogP contribution in [-0.2, 0) is 17.6 Å². The van der Waals surface area contributed by atoms with Gasteiger partial charge in [-0.05, 0) is 66.6 Å². The van der Waals surface area contributed by atoms with Crippen molar-refractivity contribution in [1.82, 2.24) is 5.32 Å². The number of carbonyl (C=O) groups excluding carboxylic acids is 1. The molecule has 39 heavy (non-hydrogen) atoms. The number of carboxylic acids is 1. The molecule has 3 aromatic rings. The molecule has 0 saturated heterocycles. The van der Waals surface area contributed by atoms with Crippen LogP contribution in [0.2, 0.25) is 0 Å². The van der Waals surface area contributed by atoms with E-state index in [1.54, 1.807) is 0 Å². The van der Waals surface area contributed by atoms with Gasteiger partial charge in [-0.2, -0.15) is 26.3 Å². The molecule has 3 saturated carbocycles. The highest BCUT2D eigenvalue weighted by Crippen LogP contribution is 2.79. The average molecular weight is 555 g/mol. The van der Waals surface area contributed by atoms with Gasteiger partial charge in [0.1, 0.15) is 24.2 Å². The number of nitrogens with one attached hydrogen (secondary N) is 1. The van der Waals surface area contributed by atoms with E-state index in [0.717, 1.165) is 18.2 Å². The van der Waals surface area contributed by atoms with Crippen molar-refractivity contribution in [2.75, 3.05) is 0 Å². The van der Waals surface area contributed by atoms with Crippen molar-refractivity contribution in [2.45, 2.75) is 44.3 Å². The van der Waals surface area contributed by atoms with Crippen LogP contribution in [0.3, 0.4) is 0 Å². The molecule has 0 aliphatic heterocycles. The molecule has 0 aromatic heterocycles. The standard InChI is InChI=1S/C27H20F7NO4/c28-17-6-8-18-15(9-17)3-7-19(20(18)39-10-14-1-4-16(5-2-14)26(29,30)31)22(36)35-21(23(37)38)24-11-25(12-24,13-24)27(32,33)34/h1-9,21H,10-13H2,(H,35,36)(H,37,38)/t21-,24?,25?/m1/s1. The summed E-state index contributed by atoms with van der Waals surface area (Å²) in [4.78, 5) is 25.2. The highest BCUT2D eigenvalue weighted by molar-refractivity contribution is 6.05. The summed E-state index contributed by atoms with van der Waals surface area (Å²) in [5, 5.41) is 12.7. The summed E-state index contributed by atoms with van der Waals surface area (Å²) in [5.74, 6) is -3.07. The van der Waals surface area contributed by atoms with Gasteiger partial charge in [0.2, 0.25) is 0 Å². The minimum atomic E-state index is -4.54. The third-order valence-electron chi connectivity index (χ3n) is 7.65. The predicted octanol–water partition coefficient (Wildman–Crippen LogP) is 6.49. The highest BCUT2D eigenvalue weighted by atomic mass is 19.4. The van der Waals surface area contributed by atoms with E-state index < -0.39 is 71.7 Å². The molecule has 1 amide bonds. The molecule has 12 heteroatoms. The van der Waals surface area contributed by atoms with Gasteiger partial charge in [0, 0.05) is 10.8 Å². The summed E-state index contributed by atoms with van der Waals surface area (Å²) in [6, 6.07) is 8.77. The minimum absolute atomic E-state index is 0.0848. The zero-order valence-electron chi connectivity index (χ0n) is 19.9. The maximum absolute atomic E-state index is 13.8. The summed E-state index contributed by atoms with van der Waals surface area (Å²) < 4.78 is 98.1. The van der Waals surface area contributed by atoms with Crippen LogP contribution >= 0.6 is 0 Å². The fraction of sp³-hybridized carbons (Fsp3) is 0.333. The van der Waals surface area contributed by atoms with Crippen LogP contribution in [0.25, 0.3) is 10.8 Å². The molecule has 3 aliphatic carbocycles. The summed E-state index contributed by atoms with van der Waals surface area (Å²) >= 11 is 0. The van der Waals surface area contributed by atoms with Gasteiger partial charge in [0.15, 0.2) is 0 Å². The van der Waals surface area contributed by atoms with Crippen molar-refractivity contribution in [3.8, 4) is 5.75 Å². The summed E-state index contributed by atoms with van der Waals surface area (Å²) in [6.45, 7) is -0.282. The lowest BCUT2D eigenvalue weighted by Crippen LogP contribution is -2.75. The monoisotopic (exact) mass is 555 g/mol. The molecular formula is C27H20F7NO4. The number of rotatable bonds is 7. The Morgan fingerprint density at radius 2 is 1.59 bits per heavy atom. The first kappa shape index (κ1) is 26.8. The first-order chi connectivity index (χ1) is 18.1. The van der Waals surface area contributed by atoms with Gasteiger partial charge in [-0.1, -0.05) is 18.2 Å². The van der Waals surface area contributed by atoms with E-state index in [4.69, 9.17) is 4.74 Å². The maximum Gasteiger partial charge on any atom is 0.416 e. The molecular weight excluding hydrogens is 535 g/mol. The Kier molecular flexibility index (Phi) is 6.07. The molecule has 1 atom stereocenters. The predicted molar refractivity (Wildman–Crippen MR) is 123 cm³/mol. The zero-order valence-corrected chi connectivity index (χ0v) is 19.9. The van der Waals surface area contributed by atoms with E-state index in [-0.39, 0.29) is 23.3 Å². The molecule has 0 radical (unpaired) electrons. The maximum atomic E-state index is 13.8. The van der Waals surface area contributed by atoms with Crippen molar-refractivity contribution >= 4 is 22.6 Å². The van der Waals surface area contributed by atoms with Crippen LogP contribution in [0.5, 0.6) is 5.75 Å². The number of ether oxygens (including phenoxy) is 1. The average Bonchev–Trinajstić information content (AvgIpc) is 2.78. The SMILES string of the molecule is O=C(N[C@H](C(=O)O)C12CC(C(F)(F)F)(C1)C2)c1ccc2cc(F)ccc2c1OCc1ccc(C(F)(F)F)cc1. The van der Waals surface area contributed by atoms with E-state index in [0.29, 0.717) is 10.9 Å². The molecule has 5 nitrogen and oxygen atoms in total. The van der Waals surface area contributed by atoms with Crippen LogP contribution in [0.1, 0.15) is 40.7 Å². The Bertz CT molecular complexity index is 1440. The van der Waals surface area contributed by atoms with E-state index >= 15 is 0 Å². The number of fused-ring (bicyclic) bond motifs is 1. The quantitative estimate of drug-likeness (QED) is 0.327. The number of alkyl halides is 6. The summed E-state index contributed by atoms with van der Waals surface area (Å²) in [7, 11) is 0. The Morgan fingerprint density at radius 1 is 0.949 bits per heavy atom. The molecule has 3 aromatic carbocycles. The lowest BCUT2D eigenvalue weighted by Gasteiger charge is -2.72. The molecule has 3 fully saturated rings. The first-order valence-electron chi connectivity index (χ1n) is 11.8. The molecule has 206 valence electrons. The number of hydrogen-bond acceptors (Lipinski definition) is 3. The van der Waals surface area contributed by atoms with Crippen LogP contribution in [0, 0.1) is 16.6 Å². The normalized spacial score (nSPS) is 22.9. The Balaban J connectivity index is 1.41. The lowest BCUT2D eigenvalue weighted by molar-refractivity contribution is -0.367. The number of carbonyl (C=O) groups is 2. The van der Waals surface area contributed by atoms with E-state index in [9.17, 15) is 45.4 Å². The molecule has 6 rings (SSSR count). The number of halogens is 7. The molecule has 0 unspecified atom stereocenters. The van der Waals surface area contributed by atoms with E-state index in [1.807, 2.05) is 0 Å². The molecule has 3 aliphatic rings. The molecule has 2 N–H and O–H groups in total. The van der Waals surface area contributed by atoms with Gasteiger partial charge < -0.3 is 15.2 Å².